The van der Waals surface area contributed by atoms with E-state index in [0.717, 1.165) is 0 Å². The monoisotopic (exact) mass is 231 g/mol. The molecule has 0 atom stereocenters. The van der Waals surface area contributed by atoms with Gasteiger partial charge in [0.25, 0.3) is 0 Å². The predicted molar refractivity (Wildman–Crippen MR) is 55.9 cm³/mol. The average molecular weight is 231 g/mol. The Labute approximate surface area is 93.7 Å². The zero-order valence-corrected chi connectivity index (χ0v) is 9.61. The summed E-state index contributed by atoms with van der Waals surface area (Å²) < 4.78 is 4.99. The maximum atomic E-state index is 11.2. The van der Waals surface area contributed by atoms with Crippen LogP contribution in [0.4, 0.5) is 9.59 Å². The highest BCUT2D eigenvalue weighted by Gasteiger charge is 2.30. The lowest BCUT2D eigenvalue weighted by Gasteiger charge is -2.37. The van der Waals surface area contributed by atoms with Crippen molar-refractivity contribution < 1.29 is 19.4 Å². The molecule has 3 N–H and O–H groups in total. The number of carbonyl (C=O) groups is 2. The molecule has 1 aliphatic rings. The number of hydrogen-bond donors (Lipinski definition) is 3. The fourth-order valence-electron chi connectivity index (χ4n) is 1.19. The molecule has 1 rings (SSSR count). The topological polar surface area (TPSA) is 90.9 Å². The molecule has 7 heteroatoms. The van der Waals surface area contributed by atoms with Crippen molar-refractivity contribution in [3.8, 4) is 0 Å². The Morgan fingerprint density at radius 2 is 1.94 bits per heavy atom. The van der Waals surface area contributed by atoms with E-state index in [4.69, 9.17) is 9.84 Å². The van der Waals surface area contributed by atoms with Crippen LogP contribution in [0, 0.1) is 0 Å². The zero-order chi connectivity index (χ0) is 12.3. The molecule has 0 saturated carbocycles. The number of ether oxygens (including phenoxy) is 1. The molecule has 1 aliphatic heterocycles. The van der Waals surface area contributed by atoms with Crippen molar-refractivity contribution in [2.75, 3.05) is 13.1 Å². The first-order valence-electron chi connectivity index (χ1n) is 5.00. The van der Waals surface area contributed by atoms with Crippen LogP contribution in [-0.2, 0) is 4.74 Å². The van der Waals surface area contributed by atoms with E-state index in [1.54, 1.807) is 20.8 Å². The molecule has 0 aromatic heterocycles. The average Bonchev–Trinajstić information content (AvgIpc) is 1.96. The first-order valence-corrected chi connectivity index (χ1v) is 5.00. The molecule has 1 fully saturated rings. The van der Waals surface area contributed by atoms with Gasteiger partial charge in [0.15, 0.2) is 0 Å². The number of carboxylic acid groups (broad SMARTS) is 1. The molecule has 0 aromatic carbocycles. The van der Waals surface area contributed by atoms with E-state index in [1.165, 1.54) is 4.90 Å². The maximum Gasteiger partial charge on any atom is 0.422 e. The molecular formula is C9H17N3O4. The fourth-order valence-corrected chi connectivity index (χ4v) is 1.19. The summed E-state index contributed by atoms with van der Waals surface area (Å²) in [6.45, 7) is 6.03. The standard InChI is InChI=1S/C9H17N3O4/c1-9(2,3)16-7(13)11-10-6-4-12(5-6)8(14)15/h6,10H,4-5H2,1-3H3,(H,11,13)(H,14,15). The summed E-state index contributed by atoms with van der Waals surface area (Å²) in [4.78, 5) is 22.9. The fraction of sp³-hybridized carbons (Fsp3) is 0.778. The van der Waals surface area contributed by atoms with Crippen molar-refractivity contribution in [1.82, 2.24) is 15.8 Å². The van der Waals surface area contributed by atoms with E-state index >= 15 is 0 Å². The number of nitrogens with zero attached hydrogens (tertiary/aromatic N) is 1. The first kappa shape index (κ1) is 12.6. The van der Waals surface area contributed by atoms with Crippen LogP contribution in [0.25, 0.3) is 0 Å². The van der Waals surface area contributed by atoms with Crippen molar-refractivity contribution in [2.24, 2.45) is 0 Å². The van der Waals surface area contributed by atoms with Crippen LogP contribution in [0.3, 0.4) is 0 Å². The Morgan fingerprint density at radius 3 is 2.38 bits per heavy atom. The van der Waals surface area contributed by atoms with Crippen LogP contribution in [-0.4, -0.2) is 46.9 Å². The van der Waals surface area contributed by atoms with Crippen LogP contribution in [0.2, 0.25) is 0 Å². The van der Waals surface area contributed by atoms with Gasteiger partial charge in [0.2, 0.25) is 0 Å². The second kappa shape index (κ2) is 4.56. The van der Waals surface area contributed by atoms with Gasteiger partial charge in [-0.15, -0.1) is 0 Å². The lowest BCUT2D eigenvalue weighted by atomic mass is 10.1. The molecule has 0 aliphatic carbocycles. The molecule has 0 spiro atoms. The maximum absolute atomic E-state index is 11.2. The van der Waals surface area contributed by atoms with Crippen molar-refractivity contribution in [2.45, 2.75) is 32.4 Å². The highest BCUT2D eigenvalue weighted by atomic mass is 16.6. The van der Waals surface area contributed by atoms with Gasteiger partial charge in [0, 0.05) is 13.1 Å². The summed E-state index contributed by atoms with van der Waals surface area (Å²) in [6.07, 6.45) is -1.52. The minimum absolute atomic E-state index is 0.0522. The van der Waals surface area contributed by atoms with E-state index in [1.807, 2.05) is 0 Å². The third-order valence-electron chi connectivity index (χ3n) is 1.93. The van der Waals surface area contributed by atoms with E-state index in [0.29, 0.717) is 13.1 Å². The Bertz CT molecular complexity index is 281. The summed E-state index contributed by atoms with van der Waals surface area (Å²) in [5.74, 6) is 0. The zero-order valence-electron chi connectivity index (χ0n) is 9.61. The number of amides is 2. The summed E-state index contributed by atoms with van der Waals surface area (Å²) in [5, 5.41) is 8.57. The summed E-state index contributed by atoms with van der Waals surface area (Å²) in [6, 6.07) is -0.0522. The quantitative estimate of drug-likeness (QED) is 0.597. The van der Waals surface area contributed by atoms with Crippen molar-refractivity contribution in [1.29, 1.82) is 0 Å². The lowest BCUT2D eigenvalue weighted by Crippen LogP contribution is -2.63. The van der Waals surface area contributed by atoms with E-state index < -0.39 is 17.8 Å². The van der Waals surface area contributed by atoms with Gasteiger partial charge in [-0.05, 0) is 20.8 Å². The Kier molecular flexibility index (Phi) is 3.58. The smallest absolute Gasteiger partial charge is 0.422 e. The van der Waals surface area contributed by atoms with Gasteiger partial charge in [0.05, 0.1) is 6.04 Å². The molecule has 2 amide bonds. The second-order valence-electron chi connectivity index (χ2n) is 4.66. The SMILES string of the molecule is CC(C)(C)OC(=O)NNC1CN(C(=O)O)C1. The highest BCUT2D eigenvalue weighted by Crippen LogP contribution is 2.08. The number of nitrogens with one attached hydrogen (secondary N) is 2. The summed E-state index contributed by atoms with van der Waals surface area (Å²) >= 11 is 0. The van der Waals surface area contributed by atoms with Crippen LogP contribution in [0.5, 0.6) is 0 Å². The van der Waals surface area contributed by atoms with Crippen LogP contribution < -0.4 is 10.9 Å². The van der Waals surface area contributed by atoms with Crippen LogP contribution >= 0.6 is 0 Å². The summed E-state index contributed by atoms with van der Waals surface area (Å²) in [7, 11) is 0. The van der Waals surface area contributed by atoms with Gasteiger partial charge in [-0.3, -0.25) is 5.43 Å². The molecular weight excluding hydrogens is 214 g/mol. The molecule has 1 heterocycles. The lowest BCUT2D eigenvalue weighted by molar-refractivity contribution is 0.0437. The van der Waals surface area contributed by atoms with Gasteiger partial charge in [0.1, 0.15) is 5.60 Å². The Hall–Kier alpha value is -1.50. The van der Waals surface area contributed by atoms with E-state index in [9.17, 15) is 9.59 Å². The van der Waals surface area contributed by atoms with Crippen molar-refractivity contribution >= 4 is 12.2 Å². The number of hydrogen-bond acceptors (Lipinski definition) is 4. The molecule has 0 unspecified atom stereocenters. The molecule has 0 aromatic rings. The van der Waals surface area contributed by atoms with Crippen LogP contribution in [0.1, 0.15) is 20.8 Å². The van der Waals surface area contributed by atoms with Gasteiger partial charge < -0.3 is 14.7 Å². The molecule has 92 valence electrons. The van der Waals surface area contributed by atoms with Crippen molar-refractivity contribution in [3.05, 3.63) is 0 Å². The molecule has 0 radical (unpaired) electrons. The third kappa shape index (κ3) is 3.93. The molecule has 16 heavy (non-hydrogen) atoms. The highest BCUT2D eigenvalue weighted by molar-refractivity contribution is 5.67. The normalized spacial score (nSPS) is 16.6. The minimum atomic E-state index is -0.949. The van der Waals surface area contributed by atoms with E-state index in [-0.39, 0.29) is 6.04 Å². The van der Waals surface area contributed by atoms with Gasteiger partial charge in [-0.2, -0.15) is 0 Å². The van der Waals surface area contributed by atoms with E-state index in [2.05, 4.69) is 10.9 Å². The molecule has 0 bridgehead atoms. The number of rotatable bonds is 2. The summed E-state index contributed by atoms with van der Waals surface area (Å²) in [5.41, 5.74) is 4.52. The number of hydrazine groups is 1. The number of likely N-dealkylation sites (tertiary alicyclic amines) is 1. The minimum Gasteiger partial charge on any atom is -0.465 e. The second-order valence-corrected chi connectivity index (χ2v) is 4.66. The van der Waals surface area contributed by atoms with Gasteiger partial charge in [-0.25, -0.2) is 15.0 Å². The predicted octanol–water partition coefficient (Wildman–Crippen LogP) is 0.378. The largest absolute Gasteiger partial charge is 0.465 e. The van der Waals surface area contributed by atoms with Gasteiger partial charge >= 0.3 is 12.2 Å². The Balaban J connectivity index is 2.13. The molecule has 1 saturated heterocycles. The molecule has 7 nitrogen and oxygen atoms in total. The first-order chi connectivity index (χ1) is 7.28. The van der Waals surface area contributed by atoms with Crippen LogP contribution in [0.15, 0.2) is 0 Å². The number of carbonyl (C=O) groups excluding carboxylic acids is 1. The van der Waals surface area contributed by atoms with Gasteiger partial charge in [-0.1, -0.05) is 0 Å². The van der Waals surface area contributed by atoms with Crippen molar-refractivity contribution in [3.63, 3.8) is 0 Å². The Morgan fingerprint density at radius 1 is 1.38 bits per heavy atom. The third-order valence-corrected chi connectivity index (χ3v) is 1.93.